The van der Waals surface area contributed by atoms with Gasteiger partial charge in [-0.2, -0.15) is 0 Å². The van der Waals surface area contributed by atoms with Gasteiger partial charge in [-0.25, -0.2) is 0 Å². The number of carbonyl (C=O) groups is 1. The van der Waals surface area contributed by atoms with Crippen LogP contribution in [0.4, 0.5) is 0 Å². The molecule has 0 radical (unpaired) electrons. The third-order valence-corrected chi connectivity index (χ3v) is 18.6. The van der Waals surface area contributed by atoms with Crippen LogP contribution in [-0.4, -0.2) is 140 Å². The molecule has 0 aromatic carbocycles. The maximum absolute atomic E-state index is 13.3. The number of ether oxygens (including phenoxy) is 4. The quantitative estimate of drug-likeness (QED) is 0.0204. The molecule has 12 unspecified atom stereocenters. The second-order valence-electron chi connectivity index (χ2n) is 26.8. The first-order chi connectivity index (χ1) is 43.6. The van der Waals surface area contributed by atoms with Crippen molar-refractivity contribution < 1.29 is 64.6 Å². The van der Waals surface area contributed by atoms with Crippen LogP contribution in [0.15, 0.2) is 36.5 Å². The summed E-state index contributed by atoms with van der Waals surface area (Å²) in [5, 5.41) is 87.5. The van der Waals surface area contributed by atoms with Gasteiger partial charge in [0, 0.05) is 6.42 Å². The van der Waals surface area contributed by atoms with Gasteiger partial charge in [-0.15, -0.1) is 0 Å². The Labute approximate surface area is 544 Å². The first-order valence-electron chi connectivity index (χ1n) is 37.7. The van der Waals surface area contributed by atoms with Crippen LogP contribution in [0.1, 0.15) is 341 Å². The fourth-order valence-corrected chi connectivity index (χ4v) is 12.6. The van der Waals surface area contributed by atoms with Crippen molar-refractivity contribution in [3.63, 3.8) is 0 Å². The summed E-state index contributed by atoms with van der Waals surface area (Å²) in [6.45, 7) is 2.83. The Kier molecular flexibility index (Phi) is 56.1. The van der Waals surface area contributed by atoms with Gasteiger partial charge in [0.1, 0.15) is 48.8 Å². The van der Waals surface area contributed by atoms with Gasteiger partial charge in [-0.05, 0) is 44.9 Å². The van der Waals surface area contributed by atoms with E-state index in [2.05, 4.69) is 43.5 Å². The summed E-state index contributed by atoms with van der Waals surface area (Å²) in [6.07, 6.45) is 60.9. The second kappa shape index (κ2) is 59.9. The summed E-state index contributed by atoms with van der Waals surface area (Å²) in [4.78, 5) is 13.3. The van der Waals surface area contributed by atoms with E-state index < -0.39 is 86.8 Å². The second-order valence-corrected chi connectivity index (χ2v) is 26.8. The van der Waals surface area contributed by atoms with Crippen LogP contribution in [-0.2, 0) is 23.7 Å². The van der Waals surface area contributed by atoms with Crippen molar-refractivity contribution in [1.82, 2.24) is 5.32 Å². The van der Waals surface area contributed by atoms with Crippen LogP contribution in [0.3, 0.4) is 0 Å². The predicted octanol–water partition coefficient (Wildman–Crippen LogP) is 16.1. The molecule has 2 rings (SSSR count). The number of aliphatic hydroxyl groups is 8. The Morgan fingerprint density at radius 1 is 0.393 bits per heavy atom. The minimum atomic E-state index is -1.79. The molecule has 0 spiro atoms. The number of hydrogen-bond donors (Lipinski definition) is 9. The molecular weight excluding hydrogens is 1120 g/mol. The molecule has 89 heavy (non-hydrogen) atoms. The molecule has 14 nitrogen and oxygen atoms in total. The lowest BCUT2D eigenvalue weighted by Crippen LogP contribution is -2.65. The van der Waals surface area contributed by atoms with E-state index in [4.69, 9.17) is 18.9 Å². The van der Waals surface area contributed by atoms with Gasteiger partial charge in [-0.1, -0.05) is 326 Å². The number of allylic oxidation sites excluding steroid dienone is 5. The number of carbonyl (C=O) groups excluding carboxylic acids is 1. The maximum Gasteiger partial charge on any atom is 0.220 e. The maximum atomic E-state index is 13.3. The zero-order chi connectivity index (χ0) is 64.5. The first-order valence-corrected chi connectivity index (χ1v) is 37.7. The van der Waals surface area contributed by atoms with Crippen molar-refractivity contribution in [2.75, 3.05) is 19.8 Å². The number of hydrogen-bond acceptors (Lipinski definition) is 13. The molecule has 0 bridgehead atoms. The Bertz CT molecular complexity index is 1630. The van der Waals surface area contributed by atoms with Crippen molar-refractivity contribution in [1.29, 1.82) is 0 Å². The zero-order valence-electron chi connectivity index (χ0n) is 57.2. The molecule has 9 N–H and O–H groups in total. The van der Waals surface area contributed by atoms with Gasteiger partial charge < -0.3 is 65.1 Å². The van der Waals surface area contributed by atoms with Crippen molar-refractivity contribution in [2.24, 2.45) is 0 Å². The Hall–Kier alpha value is -1.79. The van der Waals surface area contributed by atoms with Crippen molar-refractivity contribution in [2.45, 2.75) is 415 Å². The lowest BCUT2D eigenvalue weighted by Gasteiger charge is -2.46. The predicted molar refractivity (Wildman–Crippen MR) is 365 cm³/mol. The summed E-state index contributed by atoms with van der Waals surface area (Å²) in [6, 6.07) is -0.937. The van der Waals surface area contributed by atoms with Crippen LogP contribution in [0.5, 0.6) is 0 Å². The third-order valence-electron chi connectivity index (χ3n) is 18.6. The van der Waals surface area contributed by atoms with E-state index in [-0.39, 0.29) is 18.9 Å². The minimum Gasteiger partial charge on any atom is -0.394 e. The monoisotopic (exact) mass is 1260 g/mol. The van der Waals surface area contributed by atoms with E-state index >= 15 is 0 Å². The lowest BCUT2D eigenvalue weighted by atomic mass is 9.97. The first kappa shape index (κ1) is 83.3. The van der Waals surface area contributed by atoms with Crippen LogP contribution >= 0.6 is 0 Å². The number of nitrogens with one attached hydrogen (secondary N) is 1. The van der Waals surface area contributed by atoms with Gasteiger partial charge in [0.05, 0.1) is 32.0 Å². The van der Waals surface area contributed by atoms with E-state index in [0.29, 0.717) is 12.8 Å². The van der Waals surface area contributed by atoms with E-state index in [9.17, 15) is 45.6 Å². The highest BCUT2D eigenvalue weighted by Crippen LogP contribution is 2.30. The normalized spacial score (nSPS) is 23.2. The molecule has 2 fully saturated rings. The third kappa shape index (κ3) is 43.7. The molecule has 0 saturated carbocycles. The fraction of sp³-hybridized carbons (Fsp3) is 0.907. The summed E-state index contributed by atoms with van der Waals surface area (Å²) in [7, 11) is 0. The highest BCUT2D eigenvalue weighted by atomic mass is 16.7. The van der Waals surface area contributed by atoms with E-state index in [1.807, 2.05) is 6.08 Å². The Balaban J connectivity index is 1.64. The molecule has 2 heterocycles. The molecular formula is C75H141NO13. The molecule has 1 amide bonds. The number of amides is 1. The van der Waals surface area contributed by atoms with E-state index in [1.165, 1.54) is 263 Å². The van der Waals surface area contributed by atoms with Crippen molar-refractivity contribution >= 4 is 5.91 Å². The van der Waals surface area contributed by atoms with Gasteiger partial charge >= 0.3 is 0 Å². The van der Waals surface area contributed by atoms with Crippen LogP contribution in [0, 0.1) is 0 Å². The largest absolute Gasteiger partial charge is 0.394 e. The topological polar surface area (TPSA) is 228 Å². The van der Waals surface area contributed by atoms with Gasteiger partial charge in [-0.3, -0.25) is 4.79 Å². The SMILES string of the molecule is CCCCCCCCCCCCCC/C=C/CC/C=C/CC/C=C/C(O)C(COC1OC(CO)C(OC2OC(CO)C(O)C(O)C2O)C(O)C1O)NC(=O)CCCCCCCCCCCCCCCCCCCCCCCCCCCCCCCCCCC. The van der Waals surface area contributed by atoms with Gasteiger partial charge in [0.2, 0.25) is 5.91 Å². The molecule has 14 heteroatoms. The Morgan fingerprint density at radius 2 is 0.719 bits per heavy atom. The van der Waals surface area contributed by atoms with Gasteiger partial charge in [0.15, 0.2) is 12.6 Å². The van der Waals surface area contributed by atoms with E-state index in [1.54, 1.807) is 6.08 Å². The standard InChI is InChI=1S/C75H141NO13/c1-3-5-7-9-11-13-15-17-19-21-23-25-27-28-29-30-31-32-33-34-35-36-37-39-41-43-45-47-49-51-53-55-57-59-67(80)76-63(62-86-74-72(85)70(83)73(66(61-78)88-74)89-75-71(84)69(82)68(81)65(60-77)87-75)64(79)58-56-54-52-50-48-46-44-42-40-38-26-24-22-20-18-16-14-12-10-8-6-4-2/h40,42,48,50,56,58,63-66,68-75,77-79,81-85H,3-39,41,43-47,49,51-55,57,59-62H2,1-2H3,(H,76,80)/b42-40+,50-48+,58-56+. The number of rotatable bonds is 63. The van der Waals surface area contributed by atoms with Crippen molar-refractivity contribution in [3.05, 3.63) is 36.5 Å². The molecule has 2 aliphatic heterocycles. The molecule has 2 aliphatic rings. The van der Waals surface area contributed by atoms with Crippen LogP contribution in [0.25, 0.3) is 0 Å². The summed E-state index contributed by atoms with van der Waals surface area (Å²) in [5.41, 5.74) is 0. The molecule has 0 aromatic heterocycles. The highest BCUT2D eigenvalue weighted by Gasteiger charge is 2.51. The summed E-state index contributed by atoms with van der Waals surface area (Å²) < 4.78 is 22.9. The molecule has 0 aromatic rings. The smallest absolute Gasteiger partial charge is 0.220 e. The minimum absolute atomic E-state index is 0.246. The highest BCUT2D eigenvalue weighted by molar-refractivity contribution is 5.76. The average Bonchev–Trinajstić information content (AvgIpc) is 1.31. The number of unbranched alkanes of at least 4 members (excludes halogenated alkanes) is 46. The summed E-state index contributed by atoms with van der Waals surface area (Å²) in [5.74, 6) is -0.246. The van der Waals surface area contributed by atoms with Crippen LogP contribution < -0.4 is 5.32 Å². The number of aliphatic hydroxyl groups excluding tert-OH is 8. The average molecular weight is 1260 g/mol. The fourth-order valence-electron chi connectivity index (χ4n) is 12.6. The van der Waals surface area contributed by atoms with Crippen LogP contribution in [0.2, 0.25) is 0 Å². The molecule has 2 saturated heterocycles. The molecule has 524 valence electrons. The molecule has 0 aliphatic carbocycles. The summed E-state index contributed by atoms with van der Waals surface area (Å²) >= 11 is 0. The molecule has 12 atom stereocenters. The van der Waals surface area contributed by atoms with Gasteiger partial charge in [0.25, 0.3) is 0 Å². The van der Waals surface area contributed by atoms with E-state index in [0.717, 1.165) is 44.9 Å². The van der Waals surface area contributed by atoms with Crippen molar-refractivity contribution in [3.8, 4) is 0 Å². The zero-order valence-corrected chi connectivity index (χ0v) is 57.2. The Morgan fingerprint density at radius 3 is 1.10 bits per heavy atom. The lowest BCUT2D eigenvalue weighted by molar-refractivity contribution is -0.359.